The van der Waals surface area contributed by atoms with Crippen molar-refractivity contribution in [2.75, 3.05) is 26.5 Å². The summed E-state index contributed by atoms with van der Waals surface area (Å²) in [6, 6.07) is -2.48. The third-order valence-electron chi connectivity index (χ3n) is 8.82. The van der Waals surface area contributed by atoms with Gasteiger partial charge in [-0.15, -0.1) is 11.8 Å². The summed E-state index contributed by atoms with van der Waals surface area (Å²) in [4.78, 5) is 60.8. The molecule has 43 heavy (non-hydrogen) atoms. The van der Waals surface area contributed by atoms with E-state index in [1.807, 2.05) is 13.8 Å². The molecule has 0 saturated carbocycles. The number of rotatable bonds is 10. The van der Waals surface area contributed by atoms with Crippen LogP contribution >= 0.6 is 11.8 Å². The van der Waals surface area contributed by atoms with Crippen molar-refractivity contribution < 1.29 is 33.8 Å². The molecule has 0 aliphatic carbocycles. The van der Waals surface area contributed by atoms with E-state index in [0.717, 1.165) is 19.3 Å². The predicted octanol–water partition coefficient (Wildman–Crippen LogP) is 2.93. The Kier molecular flexibility index (Phi) is 13.5. The molecule has 3 amide bonds. The number of hydrogen-bond acceptors (Lipinski definition) is 9. The van der Waals surface area contributed by atoms with Gasteiger partial charge in [-0.3, -0.25) is 19.4 Å². The van der Waals surface area contributed by atoms with E-state index in [4.69, 9.17) is 14.5 Å². The molecule has 2 heterocycles. The van der Waals surface area contributed by atoms with Crippen LogP contribution in [0.2, 0.25) is 0 Å². The number of carbonyl (C=O) groups is 4. The van der Waals surface area contributed by atoms with Crippen LogP contribution < -0.4 is 10.6 Å². The molecule has 2 rings (SSSR count). The van der Waals surface area contributed by atoms with Gasteiger partial charge in [-0.05, 0) is 72.1 Å². The van der Waals surface area contributed by atoms with E-state index in [9.17, 15) is 24.3 Å². The molecule has 2 aliphatic rings. The van der Waals surface area contributed by atoms with E-state index in [1.165, 1.54) is 23.6 Å². The lowest BCUT2D eigenvalue weighted by atomic mass is 9.77. The lowest BCUT2D eigenvalue weighted by molar-refractivity contribution is -0.167. The zero-order valence-electron chi connectivity index (χ0n) is 27.7. The molecule has 0 fully saturated rings. The number of aliphatic hydroxyl groups excluding tert-OH is 1. The summed E-state index contributed by atoms with van der Waals surface area (Å²) < 4.78 is 11.7. The van der Waals surface area contributed by atoms with Crippen molar-refractivity contribution in [1.29, 1.82) is 0 Å². The van der Waals surface area contributed by atoms with Gasteiger partial charge < -0.3 is 30.1 Å². The monoisotopic (exact) mass is 626 g/mol. The van der Waals surface area contributed by atoms with Gasteiger partial charge in [-0.1, -0.05) is 27.2 Å². The molecule has 4 unspecified atom stereocenters. The topological polar surface area (TPSA) is 147 Å². The average Bonchev–Trinajstić information content (AvgIpc) is 3.35. The van der Waals surface area contributed by atoms with E-state index >= 15 is 0 Å². The van der Waals surface area contributed by atoms with Crippen LogP contribution in [0.15, 0.2) is 4.99 Å². The van der Waals surface area contributed by atoms with Crippen LogP contribution in [0.1, 0.15) is 87.5 Å². The summed E-state index contributed by atoms with van der Waals surface area (Å²) in [5.41, 5.74) is -2.27. The Morgan fingerprint density at radius 1 is 1.05 bits per heavy atom. The third kappa shape index (κ3) is 8.94. The zero-order chi connectivity index (χ0) is 32.7. The molecule has 8 atom stereocenters. The number of ether oxygens (including phenoxy) is 2. The second kappa shape index (κ2) is 15.7. The first-order valence-electron chi connectivity index (χ1n) is 15.5. The Morgan fingerprint density at radius 2 is 1.70 bits per heavy atom. The van der Waals surface area contributed by atoms with Crippen molar-refractivity contribution >= 4 is 40.5 Å². The fraction of sp³-hybridized carbons (Fsp3) is 0.839. The lowest BCUT2D eigenvalue weighted by Gasteiger charge is -2.38. The van der Waals surface area contributed by atoms with Crippen LogP contribution in [0, 0.1) is 17.3 Å². The molecule has 3 N–H and O–H groups in total. The Morgan fingerprint density at radius 3 is 2.28 bits per heavy atom. The minimum atomic E-state index is -1.14. The van der Waals surface area contributed by atoms with Crippen molar-refractivity contribution in [3.8, 4) is 0 Å². The molecule has 11 nitrogen and oxygen atoms in total. The number of nitrogens with zero attached hydrogens (tertiary/aromatic N) is 2. The maximum Gasteiger partial charge on any atom is 0.328 e. The van der Waals surface area contributed by atoms with Crippen molar-refractivity contribution in [1.82, 2.24) is 15.5 Å². The summed E-state index contributed by atoms with van der Waals surface area (Å²) in [6.45, 7) is 14.3. The zero-order valence-corrected chi connectivity index (χ0v) is 28.5. The van der Waals surface area contributed by atoms with Gasteiger partial charge >= 0.3 is 5.97 Å². The number of fused-ring (bicyclic) bond motifs is 1. The highest BCUT2D eigenvalue weighted by atomic mass is 32.2. The fourth-order valence-corrected chi connectivity index (χ4v) is 7.16. The highest BCUT2D eigenvalue weighted by Gasteiger charge is 2.47. The van der Waals surface area contributed by atoms with Gasteiger partial charge in [0.2, 0.25) is 11.8 Å². The predicted molar refractivity (Wildman–Crippen MR) is 169 cm³/mol. The van der Waals surface area contributed by atoms with Crippen LogP contribution in [0.25, 0.3) is 0 Å². The molecule has 0 saturated heterocycles. The number of esters is 1. The fourth-order valence-electron chi connectivity index (χ4n) is 5.97. The van der Waals surface area contributed by atoms with E-state index in [0.29, 0.717) is 17.2 Å². The number of likely N-dealkylation sites (N-methyl/N-ethyl adjacent to an activating group) is 1. The summed E-state index contributed by atoms with van der Waals surface area (Å²) >= 11 is 1.40. The molecule has 0 aromatic carbocycles. The van der Waals surface area contributed by atoms with E-state index in [-0.39, 0.29) is 36.9 Å². The Bertz CT molecular complexity index is 1040. The summed E-state index contributed by atoms with van der Waals surface area (Å²) in [5.74, 6) is -2.09. The highest BCUT2D eigenvalue weighted by molar-refractivity contribution is 8.14. The molecular formula is C31H54N4O7S. The number of hydrogen-bond donors (Lipinski definition) is 3. The number of amides is 3. The number of methoxy groups -OCH3 is 1. The van der Waals surface area contributed by atoms with Gasteiger partial charge in [-0.25, -0.2) is 4.79 Å². The molecule has 12 heteroatoms. The number of cyclic esters (lactones) is 1. The van der Waals surface area contributed by atoms with Crippen LogP contribution in [0.3, 0.4) is 0 Å². The maximum atomic E-state index is 13.8. The molecule has 246 valence electrons. The van der Waals surface area contributed by atoms with Crippen molar-refractivity contribution in [3.63, 3.8) is 0 Å². The number of aliphatic imine (C=N–C) groups is 1. The normalized spacial score (nSPS) is 31.0. The number of nitrogens with one attached hydrogen (secondary N) is 2. The number of carbonyl (C=O) groups excluding carboxylic acids is 4. The summed E-state index contributed by atoms with van der Waals surface area (Å²) in [6.07, 6.45) is 2.85. The van der Waals surface area contributed by atoms with Crippen molar-refractivity contribution in [2.45, 2.75) is 123 Å². The van der Waals surface area contributed by atoms with Crippen molar-refractivity contribution in [2.24, 2.45) is 22.2 Å². The standard InChI is InChI=1S/C31H54N4O7S/c1-11-12-22(41-10)14-13-19(3)24-30(6,7)28(39)33-20(4)26-34-31(8,17-43-26)29(40)35(9)23(18(2)15-16-36)25(37)32-21(5)27(38)42-24/h18-24,36H,11-17H2,1-10H3,(H,32,37)(H,33,39)/t18?,19?,20-,21-,22?,23-,24-,31?/m0/s1. The molecule has 0 spiro atoms. The maximum absolute atomic E-state index is 13.8. The smallest absolute Gasteiger partial charge is 0.328 e. The minimum Gasteiger partial charge on any atom is -0.459 e. The lowest BCUT2D eigenvalue weighted by Crippen LogP contribution is -2.58. The van der Waals surface area contributed by atoms with E-state index in [1.54, 1.807) is 41.9 Å². The minimum absolute atomic E-state index is 0.0637. The van der Waals surface area contributed by atoms with E-state index < -0.39 is 53.0 Å². The van der Waals surface area contributed by atoms with Gasteiger partial charge in [0.15, 0.2) is 0 Å². The van der Waals surface area contributed by atoms with Crippen LogP contribution in [-0.4, -0.2) is 101 Å². The molecule has 2 aliphatic heterocycles. The summed E-state index contributed by atoms with van der Waals surface area (Å²) in [5, 5.41) is 16.0. The van der Waals surface area contributed by atoms with Crippen LogP contribution in [0.5, 0.6) is 0 Å². The first kappa shape index (κ1) is 37.0. The highest BCUT2D eigenvalue weighted by Crippen LogP contribution is 2.35. The first-order valence-corrected chi connectivity index (χ1v) is 16.5. The first-order chi connectivity index (χ1) is 20.0. The van der Waals surface area contributed by atoms with Gasteiger partial charge in [0, 0.05) is 26.5 Å². The molecule has 2 bridgehead atoms. The molecule has 0 aromatic rings. The van der Waals surface area contributed by atoms with Gasteiger partial charge in [0.1, 0.15) is 23.7 Å². The van der Waals surface area contributed by atoms with Crippen LogP contribution in [0.4, 0.5) is 0 Å². The van der Waals surface area contributed by atoms with Gasteiger partial charge in [0.05, 0.1) is 22.6 Å². The number of thioether (sulfide) groups is 1. The molecule has 0 radical (unpaired) electrons. The van der Waals surface area contributed by atoms with Crippen molar-refractivity contribution in [3.05, 3.63) is 0 Å². The van der Waals surface area contributed by atoms with Gasteiger partial charge in [-0.2, -0.15) is 0 Å². The Hall–Kier alpha value is -2.18. The summed E-state index contributed by atoms with van der Waals surface area (Å²) in [7, 11) is 3.24. The largest absolute Gasteiger partial charge is 0.459 e. The molecule has 0 aromatic heterocycles. The number of aliphatic hydroxyl groups is 1. The van der Waals surface area contributed by atoms with Crippen LogP contribution in [-0.2, 0) is 28.7 Å². The van der Waals surface area contributed by atoms with E-state index in [2.05, 4.69) is 17.6 Å². The Labute approximate surface area is 261 Å². The second-order valence-corrected chi connectivity index (χ2v) is 14.1. The average molecular weight is 627 g/mol. The molecular weight excluding hydrogens is 572 g/mol. The quantitative estimate of drug-likeness (QED) is 0.314. The Balaban J connectivity index is 2.54. The second-order valence-electron chi connectivity index (χ2n) is 13.1. The SMILES string of the molecule is CCCC(CCC(C)[C@@H]1OC(=O)[C@H](C)NC(=O)[C@H](C(C)CCO)N(C)C(=O)C2(C)CSC(=N2)[C@H](C)NC(=O)C1(C)C)OC. The van der Waals surface area contributed by atoms with Gasteiger partial charge in [0.25, 0.3) is 5.91 Å². The third-order valence-corrected chi connectivity index (χ3v) is 10.3.